The van der Waals surface area contributed by atoms with Crippen molar-refractivity contribution in [3.63, 3.8) is 0 Å². The number of fused-ring (bicyclic) bond motifs is 1. The molecule has 1 aliphatic rings. The molecule has 1 unspecified atom stereocenters. The number of hydrogen-bond acceptors (Lipinski definition) is 3. The first-order valence-corrected chi connectivity index (χ1v) is 6.40. The van der Waals surface area contributed by atoms with Crippen LogP contribution in [0.3, 0.4) is 0 Å². The Bertz CT molecular complexity index is 354. The Kier molecular flexibility index (Phi) is 4.40. The zero-order chi connectivity index (χ0) is 12.1. The fraction of sp³-hybridized carbons (Fsp3) is 0.571. The summed E-state index contributed by atoms with van der Waals surface area (Å²) in [6.07, 6.45) is 1.91. The number of ether oxygens (including phenoxy) is 1. The summed E-state index contributed by atoms with van der Waals surface area (Å²) < 4.78 is 5.25. The molecule has 0 amide bonds. The van der Waals surface area contributed by atoms with Gasteiger partial charge in [0.25, 0.3) is 0 Å². The van der Waals surface area contributed by atoms with Gasteiger partial charge in [0, 0.05) is 25.4 Å². The van der Waals surface area contributed by atoms with E-state index in [9.17, 15) is 5.11 Å². The van der Waals surface area contributed by atoms with Crippen LogP contribution in [0.1, 0.15) is 18.9 Å². The van der Waals surface area contributed by atoms with Crippen molar-refractivity contribution in [1.82, 2.24) is 0 Å². The van der Waals surface area contributed by atoms with Crippen LogP contribution in [0.25, 0.3) is 0 Å². The molecule has 3 heteroatoms. The van der Waals surface area contributed by atoms with E-state index in [0.29, 0.717) is 19.8 Å². The minimum Gasteiger partial charge on any atom is -0.389 e. The molecule has 0 bridgehead atoms. The Morgan fingerprint density at radius 1 is 1.41 bits per heavy atom. The molecule has 1 N–H and O–H groups in total. The van der Waals surface area contributed by atoms with Gasteiger partial charge in [-0.15, -0.1) is 0 Å². The van der Waals surface area contributed by atoms with Gasteiger partial charge in [-0.2, -0.15) is 0 Å². The van der Waals surface area contributed by atoms with E-state index in [-0.39, 0.29) is 0 Å². The molecule has 0 fully saturated rings. The Morgan fingerprint density at radius 3 is 3.06 bits per heavy atom. The Labute approximate surface area is 103 Å². The van der Waals surface area contributed by atoms with Crippen LogP contribution in [0.4, 0.5) is 5.69 Å². The second-order valence-electron chi connectivity index (χ2n) is 4.49. The maximum atomic E-state index is 9.89. The Balaban J connectivity index is 1.98. The average Bonchev–Trinajstić information content (AvgIpc) is 2.37. The molecule has 94 valence electrons. The van der Waals surface area contributed by atoms with Crippen molar-refractivity contribution >= 4 is 5.69 Å². The van der Waals surface area contributed by atoms with Crippen molar-refractivity contribution in [2.45, 2.75) is 25.9 Å². The first-order valence-electron chi connectivity index (χ1n) is 6.40. The number of β-amino-alcohol motifs (C(OH)–C–C–N with tert-alkyl or cyclic N) is 1. The summed E-state index contributed by atoms with van der Waals surface area (Å²) in [5.41, 5.74) is 2.66. The monoisotopic (exact) mass is 235 g/mol. The fourth-order valence-corrected chi connectivity index (χ4v) is 2.36. The van der Waals surface area contributed by atoms with Crippen molar-refractivity contribution < 1.29 is 9.84 Å². The summed E-state index contributed by atoms with van der Waals surface area (Å²) >= 11 is 0. The van der Waals surface area contributed by atoms with Crippen LogP contribution in [0.15, 0.2) is 24.3 Å². The number of aliphatic hydroxyl groups excluding tert-OH is 1. The highest BCUT2D eigenvalue weighted by Crippen LogP contribution is 2.26. The van der Waals surface area contributed by atoms with Gasteiger partial charge in [-0.1, -0.05) is 18.2 Å². The van der Waals surface area contributed by atoms with Crippen LogP contribution < -0.4 is 4.90 Å². The lowest BCUT2D eigenvalue weighted by Gasteiger charge is -2.32. The van der Waals surface area contributed by atoms with Crippen LogP contribution in [0.5, 0.6) is 0 Å². The summed E-state index contributed by atoms with van der Waals surface area (Å²) in [6, 6.07) is 8.46. The van der Waals surface area contributed by atoms with E-state index in [1.807, 2.05) is 6.92 Å². The van der Waals surface area contributed by atoms with E-state index < -0.39 is 6.10 Å². The molecule has 17 heavy (non-hydrogen) atoms. The molecule has 3 nitrogen and oxygen atoms in total. The van der Waals surface area contributed by atoms with Gasteiger partial charge in [0.15, 0.2) is 0 Å². The van der Waals surface area contributed by atoms with Gasteiger partial charge in [0.05, 0.1) is 12.7 Å². The molecule has 1 aliphatic heterocycles. The third-order valence-electron chi connectivity index (χ3n) is 3.15. The van der Waals surface area contributed by atoms with Gasteiger partial charge in [0.2, 0.25) is 0 Å². The second-order valence-corrected chi connectivity index (χ2v) is 4.49. The standard InChI is InChI=1S/C14H21NO2/c1-2-17-11-13(16)10-15-9-5-7-12-6-3-4-8-14(12)15/h3-4,6,8,13,16H,2,5,7,9-11H2,1H3. The topological polar surface area (TPSA) is 32.7 Å². The number of aliphatic hydroxyl groups is 1. The maximum absolute atomic E-state index is 9.89. The van der Waals surface area contributed by atoms with E-state index in [2.05, 4.69) is 29.2 Å². The van der Waals surface area contributed by atoms with Crippen LogP contribution in [-0.2, 0) is 11.2 Å². The van der Waals surface area contributed by atoms with E-state index >= 15 is 0 Å². The molecule has 1 aromatic rings. The molecule has 0 saturated heterocycles. The Morgan fingerprint density at radius 2 is 2.24 bits per heavy atom. The molecule has 0 aromatic heterocycles. The Hall–Kier alpha value is -1.06. The predicted octanol–water partition coefficient (Wildman–Crippen LogP) is 1.84. The largest absolute Gasteiger partial charge is 0.389 e. The van der Waals surface area contributed by atoms with Crippen LogP contribution in [0.2, 0.25) is 0 Å². The van der Waals surface area contributed by atoms with Crippen molar-refractivity contribution in [3.05, 3.63) is 29.8 Å². The summed E-state index contributed by atoms with van der Waals surface area (Å²) in [4.78, 5) is 2.27. The summed E-state index contributed by atoms with van der Waals surface area (Å²) in [6.45, 7) is 4.73. The van der Waals surface area contributed by atoms with E-state index in [1.54, 1.807) is 0 Å². The number of aryl methyl sites for hydroxylation is 1. The van der Waals surface area contributed by atoms with E-state index in [0.717, 1.165) is 13.0 Å². The highest BCUT2D eigenvalue weighted by molar-refractivity contribution is 5.55. The minimum absolute atomic E-state index is 0.402. The van der Waals surface area contributed by atoms with E-state index in [4.69, 9.17) is 4.74 Å². The molecular formula is C14H21NO2. The number of rotatable bonds is 5. The lowest BCUT2D eigenvalue weighted by Crippen LogP contribution is -2.38. The molecule has 1 heterocycles. The van der Waals surface area contributed by atoms with Crippen molar-refractivity contribution in [3.8, 4) is 0 Å². The quantitative estimate of drug-likeness (QED) is 0.845. The van der Waals surface area contributed by atoms with E-state index in [1.165, 1.54) is 17.7 Å². The number of para-hydroxylation sites is 1. The van der Waals surface area contributed by atoms with Gasteiger partial charge in [-0.25, -0.2) is 0 Å². The summed E-state index contributed by atoms with van der Waals surface area (Å²) in [5, 5.41) is 9.89. The average molecular weight is 235 g/mol. The molecule has 0 aliphatic carbocycles. The molecule has 1 aromatic carbocycles. The predicted molar refractivity (Wildman–Crippen MR) is 69.5 cm³/mol. The summed E-state index contributed by atoms with van der Waals surface area (Å²) in [7, 11) is 0. The number of anilines is 1. The first kappa shape index (κ1) is 12.4. The van der Waals surface area contributed by atoms with Crippen LogP contribution in [0, 0.1) is 0 Å². The lowest BCUT2D eigenvalue weighted by atomic mass is 10.0. The molecule has 0 radical (unpaired) electrons. The molecular weight excluding hydrogens is 214 g/mol. The zero-order valence-corrected chi connectivity index (χ0v) is 10.4. The highest BCUT2D eigenvalue weighted by Gasteiger charge is 2.18. The van der Waals surface area contributed by atoms with Crippen molar-refractivity contribution in [2.75, 3.05) is 31.2 Å². The third kappa shape index (κ3) is 3.20. The number of nitrogens with zero attached hydrogens (tertiary/aromatic N) is 1. The highest BCUT2D eigenvalue weighted by atomic mass is 16.5. The molecule has 0 saturated carbocycles. The van der Waals surface area contributed by atoms with Crippen LogP contribution >= 0.6 is 0 Å². The van der Waals surface area contributed by atoms with Crippen molar-refractivity contribution in [1.29, 1.82) is 0 Å². The smallest absolute Gasteiger partial charge is 0.0947 e. The normalized spacial score (nSPS) is 16.7. The lowest BCUT2D eigenvalue weighted by molar-refractivity contribution is 0.0462. The minimum atomic E-state index is -0.402. The first-order chi connectivity index (χ1) is 8.31. The SMILES string of the molecule is CCOCC(O)CN1CCCc2ccccc21. The van der Waals surface area contributed by atoms with Crippen LogP contribution in [-0.4, -0.2) is 37.5 Å². The second kappa shape index (κ2) is 6.03. The maximum Gasteiger partial charge on any atom is 0.0947 e. The zero-order valence-electron chi connectivity index (χ0n) is 10.4. The summed E-state index contributed by atoms with van der Waals surface area (Å²) in [5.74, 6) is 0. The van der Waals surface area contributed by atoms with Gasteiger partial charge < -0.3 is 14.7 Å². The van der Waals surface area contributed by atoms with Crippen molar-refractivity contribution in [2.24, 2.45) is 0 Å². The fourth-order valence-electron chi connectivity index (χ4n) is 2.36. The molecule has 1 atom stereocenters. The molecule has 2 rings (SSSR count). The van der Waals surface area contributed by atoms with Gasteiger partial charge in [-0.05, 0) is 31.4 Å². The molecule has 0 spiro atoms. The number of hydrogen-bond donors (Lipinski definition) is 1. The van der Waals surface area contributed by atoms with Gasteiger partial charge >= 0.3 is 0 Å². The number of benzene rings is 1. The van der Waals surface area contributed by atoms with Gasteiger partial charge in [-0.3, -0.25) is 0 Å². The third-order valence-corrected chi connectivity index (χ3v) is 3.15. The van der Waals surface area contributed by atoms with Gasteiger partial charge in [0.1, 0.15) is 0 Å².